The second kappa shape index (κ2) is 6.69. The Hall–Kier alpha value is -1.15. The van der Waals surface area contributed by atoms with E-state index in [1.165, 1.54) is 11.2 Å². The highest BCUT2D eigenvalue weighted by atomic mass is 19.4. The Labute approximate surface area is 104 Å². The number of nitrogens with zero attached hydrogens (tertiary/aromatic N) is 4. The van der Waals surface area contributed by atoms with Crippen molar-refractivity contribution in [1.29, 1.82) is 0 Å². The van der Waals surface area contributed by atoms with Gasteiger partial charge in [0.15, 0.2) is 0 Å². The molecule has 1 heterocycles. The molecule has 1 rings (SSSR count). The molecule has 0 aromatic carbocycles. The van der Waals surface area contributed by atoms with Crippen LogP contribution in [0.25, 0.3) is 0 Å². The van der Waals surface area contributed by atoms with Gasteiger partial charge in [-0.2, -0.15) is 18.3 Å². The van der Waals surface area contributed by atoms with Crippen LogP contribution >= 0.6 is 0 Å². The SMILES string of the molecule is CCn1ncnc1CN(CCNC)CC(F)(F)F. The standard InChI is InChI=1S/C10H18F3N5/c1-3-18-9(15-8-16-18)6-17(5-4-14-2)7-10(11,12)13/h8,14H,3-7H2,1-2H3. The minimum absolute atomic E-state index is 0.148. The maximum atomic E-state index is 12.4. The highest BCUT2D eigenvalue weighted by molar-refractivity contribution is 4.85. The van der Waals surface area contributed by atoms with Crippen LogP contribution in [-0.2, 0) is 13.1 Å². The predicted octanol–water partition coefficient (Wildman–Crippen LogP) is 0.882. The van der Waals surface area contributed by atoms with E-state index in [0.29, 0.717) is 25.5 Å². The molecule has 0 amide bonds. The molecule has 0 saturated carbocycles. The average Bonchev–Trinajstić information content (AvgIpc) is 2.71. The molecule has 0 fully saturated rings. The molecule has 1 N–H and O–H groups in total. The van der Waals surface area contributed by atoms with Gasteiger partial charge in [-0.15, -0.1) is 0 Å². The first-order valence-electron chi connectivity index (χ1n) is 5.76. The summed E-state index contributed by atoms with van der Waals surface area (Å²) in [6, 6.07) is 0. The number of rotatable bonds is 7. The molecular formula is C10H18F3N5. The smallest absolute Gasteiger partial charge is 0.318 e. The van der Waals surface area contributed by atoms with Gasteiger partial charge in [0.05, 0.1) is 13.1 Å². The van der Waals surface area contributed by atoms with Gasteiger partial charge in [-0.25, -0.2) is 9.67 Å². The largest absolute Gasteiger partial charge is 0.401 e. The lowest BCUT2D eigenvalue weighted by Crippen LogP contribution is -2.38. The Bertz CT molecular complexity index is 350. The van der Waals surface area contributed by atoms with Gasteiger partial charge in [-0.05, 0) is 14.0 Å². The molecule has 0 aliphatic carbocycles. The molecule has 0 aliphatic rings. The first-order chi connectivity index (χ1) is 8.46. The van der Waals surface area contributed by atoms with Crippen molar-refractivity contribution in [2.75, 3.05) is 26.7 Å². The summed E-state index contributed by atoms with van der Waals surface area (Å²) in [5.74, 6) is 0.554. The lowest BCUT2D eigenvalue weighted by Gasteiger charge is -2.23. The van der Waals surface area contributed by atoms with Crippen molar-refractivity contribution in [2.45, 2.75) is 26.2 Å². The molecule has 104 valence electrons. The fraction of sp³-hybridized carbons (Fsp3) is 0.800. The summed E-state index contributed by atoms with van der Waals surface area (Å²) >= 11 is 0. The predicted molar refractivity (Wildman–Crippen MR) is 61.0 cm³/mol. The number of hydrogen-bond donors (Lipinski definition) is 1. The Kier molecular flexibility index (Phi) is 5.54. The van der Waals surface area contributed by atoms with Crippen LogP contribution < -0.4 is 5.32 Å². The lowest BCUT2D eigenvalue weighted by molar-refractivity contribution is -0.147. The Balaban J connectivity index is 2.65. The third-order valence-electron chi connectivity index (χ3n) is 2.44. The second-order valence-electron chi connectivity index (χ2n) is 3.92. The van der Waals surface area contributed by atoms with E-state index in [-0.39, 0.29) is 6.54 Å². The van der Waals surface area contributed by atoms with Gasteiger partial charge >= 0.3 is 6.18 Å². The summed E-state index contributed by atoms with van der Waals surface area (Å²) in [6.07, 6.45) is -2.84. The molecule has 0 saturated heterocycles. The van der Waals surface area contributed by atoms with Gasteiger partial charge in [0, 0.05) is 19.6 Å². The van der Waals surface area contributed by atoms with Crippen LogP contribution in [0.1, 0.15) is 12.7 Å². The van der Waals surface area contributed by atoms with Crippen LogP contribution in [-0.4, -0.2) is 52.5 Å². The number of hydrogen-bond acceptors (Lipinski definition) is 4. The van der Waals surface area contributed by atoms with Gasteiger partial charge in [-0.3, -0.25) is 4.90 Å². The van der Waals surface area contributed by atoms with Gasteiger partial charge in [0.1, 0.15) is 12.2 Å². The summed E-state index contributed by atoms with van der Waals surface area (Å²) in [6.45, 7) is 2.49. The van der Waals surface area contributed by atoms with E-state index < -0.39 is 12.7 Å². The van der Waals surface area contributed by atoms with Crippen LogP contribution in [0.5, 0.6) is 0 Å². The third kappa shape index (κ3) is 5.01. The number of aromatic nitrogens is 3. The van der Waals surface area contributed by atoms with Crippen molar-refractivity contribution in [3.8, 4) is 0 Å². The normalized spacial score (nSPS) is 12.3. The molecule has 0 atom stereocenters. The molecule has 0 bridgehead atoms. The van der Waals surface area contributed by atoms with E-state index in [9.17, 15) is 13.2 Å². The van der Waals surface area contributed by atoms with Crippen LogP contribution in [0, 0.1) is 0 Å². The van der Waals surface area contributed by atoms with Crippen molar-refractivity contribution < 1.29 is 13.2 Å². The highest BCUT2D eigenvalue weighted by Crippen LogP contribution is 2.17. The molecule has 5 nitrogen and oxygen atoms in total. The summed E-state index contributed by atoms with van der Waals surface area (Å²) < 4.78 is 38.9. The second-order valence-corrected chi connectivity index (χ2v) is 3.92. The fourth-order valence-corrected chi connectivity index (χ4v) is 1.61. The zero-order valence-electron chi connectivity index (χ0n) is 10.5. The zero-order valence-corrected chi connectivity index (χ0v) is 10.5. The maximum Gasteiger partial charge on any atom is 0.401 e. The van der Waals surface area contributed by atoms with E-state index >= 15 is 0 Å². The summed E-state index contributed by atoms with van der Waals surface area (Å²) in [7, 11) is 1.71. The van der Waals surface area contributed by atoms with E-state index in [2.05, 4.69) is 15.4 Å². The zero-order chi connectivity index (χ0) is 13.6. The molecule has 0 unspecified atom stereocenters. The Morgan fingerprint density at radius 3 is 2.72 bits per heavy atom. The van der Waals surface area contributed by atoms with Crippen molar-refractivity contribution in [3.05, 3.63) is 12.2 Å². The minimum atomic E-state index is -4.20. The van der Waals surface area contributed by atoms with Crippen LogP contribution in [0.4, 0.5) is 13.2 Å². The molecule has 0 aliphatic heterocycles. The minimum Gasteiger partial charge on any atom is -0.318 e. The van der Waals surface area contributed by atoms with Crippen molar-refractivity contribution in [3.63, 3.8) is 0 Å². The molecule has 0 spiro atoms. The topological polar surface area (TPSA) is 46.0 Å². The van der Waals surface area contributed by atoms with Crippen LogP contribution in [0.15, 0.2) is 6.33 Å². The van der Waals surface area contributed by atoms with Gasteiger partial charge in [0.25, 0.3) is 0 Å². The van der Waals surface area contributed by atoms with E-state index in [4.69, 9.17) is 0 Å². The molecule has 8 heteroatoms. The summed E-state index contributed by atoms with van der Waals surface area (Å²) in [5, 5.41) is 6.79. The first-order valence-corrected chi connectivity index (χ1v) is 5.76. The highest BCUT2D eigenvalue weighted by Gasteiger charge is 2.31. The molecule has 1 aromatic heterocycles. The first kappa shape index (κ1) is 14.9. The number of aryl methyl sites for hydroxylation is 1. The number of alkyl halides is 3. The molecular weight excluding hydrogens is 247 g/mol. The van der Waals surface area contributed by atoms with Gasteiger partial charge in [0.2, 0.25) is 0 Å². The fourth-order valence-electron chi connectivity index (χ4n) is 1.61. The van der Waals surface area contributed by atoms with Crippen LogP contribution in [0.2, 0.25) is 0 Å². The number of halogens is 3. The molecule has 0 radical (unpaired) electrons. The van der Waals surface area contributed by atoms with Crippen molar-refractivity contribution >= 4 is 0 Å². The van der Waals surface area contributed by atoms with Crippen LogP contribution in [0.3, 0.4) is 0 Å². The molecule has 18 heavy (non-hydrogen) atoms. The van der Waals surface area contributed by atoms with Gasteiger partial charge < -0.3 is 5.32 Å². The Morgan fingerprint density at radius 2 is 2.17 bits per heavy atom. The van der Waals surface area contributed by atoms with Crippen molar-refractivity contribution in [1.82, 2.24) is 25.0 Å². The van der Waals surface area contributed by atoms with E-state index in [1.807, 2.05) is 6.92 Å². The summed E-state index contributed by atoms with van der Waals surface area (Å²) in [4.78, 5) is 5.30. The summed E-state index contributed by atoms with van der Waals surface area (Å²) in [5.41, 5.74) is 0. The lowest BCUT2D eigenvalue weighted by atomic mass is 10.4. The van der Waals surface area contributed by atoms with Crippen molar-refractivity contribution in [2.24, 2.45) is 0 Å². The van der Waals surface area contributed by atoms with E-state index in [0.717, 1.165) is 0 Å². The number of nitrogens with one attached hydrogen (secondary N) is 1. The molecule has 1 aromatic rings. The van der Waals surface area contributed by atoms with E-state index in [1.54, 1.807) is 11.7 Å². The number of likely N-dealkylation sites (N-methyl/N-ethyl adjacent to an activating group) is 1. The monoisotopic (exact) mass is 265 g/mol. The quantitative estimate of drug-likeness (QED) is 0.795. The Morgan fingerprint density at radius 1 is 1.44 bits per heavy atom. The third-order valence-corrected chi connectivity index (χ3v) is 2.44. The van der Waals surface area contributed by atoms with Gasteiger partial charge in [-0.1, -0.05) is 0 Å². The maximum absolute atomic E-state index is 12.4. The average molecular weight is 265 g/mol.